The number of aromatic nitrogens is 4. The fraction of sp³-hybridized carbons (Fsp3) is 0.280. The Bertz CT molecular complexity index is 1390. The lowest BCUT2D eigenvalue weighted by molar-refractivity contribution is -0.130. The van der Waals surface area contributed by atoms with Crippen LogP contribution in [0, 0.1) is 12.8 Å². The minimum atomic E-state index is -1.33. The molecule has 2 N–H and O–H groups in total. The zero-order chi connectivity index (χ0) is 22.6. The number of ketones is 1. The quantitative estimate of drug-likeness (QED) is 0.522. The highest BCUT2D eigenvalue weighted by Crippen LogP contribution is 2.48. The fourth-order valence-electron chi connectivity index (χ4n) is 5.30. The van der Waals surface area contributed by atoms with Crippen molar-refractivity contribution in [2.24, 2.45) is 5.92 Å². The Kier molecular flexibility index (Phi) is 4.60. The minimum absolute atomic E-state index is 0.107. The zero-order valence-corrected chi connectivity index (χ0v) is 18.2. The van der Waals surface area contributed by atoms with Crippen LogP contribution in [0.4, 0.5) is 0 Å². The number of rotatable bonds is 3. The van der Waals surface area contributed by atoms with Gasteiger partial charge in [-0.05, 0) is 55.7 Å². The lowest BCUT2D eigenvalue weighted by atomic mass is 9.63. The van der Waals surface area contributed by atoms with E-state index in [2.05, 4.69) is 10.1 Å². The largest absolute Gasteiger partial charge is 0.389 e. The average molecular weight is 428 g/mol. The molecule has 3 atom stereocenters. The van der Waals surface area contributed by atoms with E-state index in [1.54, 1.807) is 19.3 Å². The maximum atomic E-state index is 13.5. The minimum Gasteiger partial charge on any atom is -0.389 e. The number of carbonyl (C=O) groups excluding carboxylic acids is 1. The first-order valence-electron chi connectivity index (χ1n) is 10.6. The van der Waals surface area contributed by atoms with Gasteiger partial charge >= 0.3 is 0 Å². The number of aromatic amines is 1. The SMILES string of the molecule is CC(=O)C1C(c2cccnc2)c2c(C)nc3[nH]n(-c4ccccc4)c(=O)c3c2CC1(C)O. The highest BCUT2D eigenvalue weighted by Gasteiger charge is 2.48. The van der Waals surface area contributed by atoms with E-state index in [0.29, 0.717) is 16.7 Å². The number of fused-ring (bicyclic) bond motifs is 3. The van der Waals surface area contributed by atoms with E-state index in [-0.39, 0.29) is 17.8 Å². The van der Waals surface area contributed by atoms with Crippen LogP contribution in [0.2, 0.25) is 0 Å². The van der Waals surface area contributed by atoms with Crippen molar-refractivity contribution in [2.45, 2.75) is 38.7 Å². The summed E-state index contributed by atoms with van der Waals surface area (Å²) in [5, 5.41) is 15.0. The molecule has 3 aromatic heterocycles. The van der Waals surface area contributed by atoms with Gasteiger partial charge < -0.3 is 5.11 Å². The van der Waals surface area contributed by atoms with Gasteiger partial charge in [0.2, 0.25) is 0 Å². The van der Waals surface area contributed by atoms with Crippen LogP contribution in [-0.4, -0.2) is 36.2 Å². The highest BCUT2D eigenvalue weighted by atomic mass is 16.3. The molecule has 0 bridgehead atoms. The molecule has 162 valence electrons. The lowest BCUT2D eigenvalue weighted by Gasteiger charge is -2.43. The second kappa shape index (κ2) is 7.24. The highest BCUT2D eigenvalue weighted by molar-refractivity contribution is 5.86. The molecular weight excluding hydrogens is 404 g/mol. The first-order valence-corrected chi connectivity index (χ1v) is 10.6. The summed E-state index contributed by atoms with van der Waals surface area (Å²) >= 11 is 0. The maximum absolute atomic E-state index is 13.5. The first kappa shape index (κ1) is 20.3. The molecule has 3 heterocycles. The van der Waals surface area contributed by atoms with E-state index in [1.807, 2.05) is 49.4 Å². The molecule has 0 aliphatic heterocycles. The van der Waals surface area contributed by atoms with Gasteiger partial charge in [0.05, 0.1) is 22.6 Å². The number of Topliss-reactive ketones (excluding diaryl/α,β-unsaturated/α-hetero) is 1. The van der Waals surface area contributed by atoms with E-state index in [4.69, 9.17) is 4.98 Å². The van der Waals surface area contributed by atoms with Crippen LogP contribution < -0.4 is 5.56 Å². The third-order valence-electron chi connectivity index (χ3n) is 6.51. The molecule has 0 radical (unpaired) electrons. The van der Waals surface area contributed by atoms with Crippen molar-refractivity contribution in [1.29, 1.82) is 0 Å². The summed E-state index contributed by atoms with van der Waals surface area (Å²) < 4.78 is 1.47. The molecule has 32 heavy (non-hydrogen) atoms. The summed E-state index contributed by atoms with van der Waals surface area (Å²) in [5.41, 5.74) is 2.72. The Labute approximate surface area is 184 Å². The van der Waals surface area contributed by atoms with E-state index >= 15 is 0 Å². The molecule has 5 rings (SSSR count). The van der Waals surface area contributed by atoms with Crippen LogP contribution in [0.1, 0.15) is 42.1 Å². The monoisotopic (exact) mass is 428 g/mol. The standard InChI is InChI=1S/C25H24N4O3/c1-14-19-18(21-23(27-14)28-29(24(21)31)17-9-5-4-6-10-17)12-25(3,32)22(15(2)30)20(19)16-8-7-11-26-13-16/h4-11,13,20,22,32H,12H2,1-3H3,(H,27,28). The molecule has 1 aliphatic carbocycles. The lowest BCUT2D eigenvalue weighted by Crippen LogP contribution is -2.48. The van der Waals surface area contributed by atoms with Crippen molar-refractivity contribution in [1.82, 2.24) is 19.7 Å². The number of benzene rings is 1. The summed E-state index contributed by atoms with van der Waals surface area (Å²) in [6.45, 7) is 5.07. The van der Waals surface area contributed by atoms with Gasteiger partial charge in [0.15, 0.2) is 5.65 Å². The third-order valence-corrected chi connectivity index (χ3v) is 6.51. The number of nitrogens with one attached hydrogen (secondary N) is 1. The van der Waals surface area contributed by atoms with Gasteiger partial charge in [-0.15, -0.1) is 0 Å². The van der Waals surface area contributed by atoms with E-state index in [9.17, 15) is 14.7 Å². The second-order valence-corrected chi connectivity index (χ2v) is 8.79. The molecule has 7 nitrogen and oxygen atoms in total. The molecule has 3 unspecified atom stereocenters. The molecule has 0 saturated heterocycles. The zero-order valence-electron chi connectivity index (χ0n) is 18.2. The fourth-order valence-corrected chi connectivity index (χ4v) is 5.30. The molecule has 0 amide bonds. The van der Waals surface area contributed by atoms with Crippen LogP contribution in [-0.2, 0) is 11.2 Å². The molecule has 1 aromatic carbocycles. The van der Waals surface area contributed by atoms with E-state index in [1.165, 1.54) is 11.6 Å². The smallest absolute Gasteiger partial charge is 0.281 e. The summed E-state index contributed by atoms with van der Waals surface area (Å²) in [7, 11) is 0. The number of aryl methyl sites for hydroxylation is 1. The van der Waals surface area contributed by atoms with Crippen LogP contribution in [0.25, 0.3) is 16.7 Å². The van der Waals surface area contributed by atoms with Gasteiger partial charge in [0, 0.05) is 30.4 Å². The van der Waals surface area contributed by atoms with Crippen LogP contribution in [0.15, 0.2) is 59.7 Å². The number of hydrogen-bond donors (Lipinski definition) is 2. The van der Waals surface area contributed by atoms with Gasteiger partial charge in [-0.25, -0.2) is 9.67 Å². The number of pyridine rings is 2. The average Bonchev–Trinajstić information content (AvgIpc) is 3.09. The summed E-state index contributed by atoms with van der Waals surface area (Å²) in [6, 6.07) is 13.0. The van der Waals surface area contributed by atoms with Gasteiger partial charge in [0.1, 0.15) is 5.78 Å². The predicted octanol–water partition coefficient (Wildman–Crippen LogP) is 3.06. The maximum Gasteiger partial charge on any atom is 0.281 e. The number of aliphatic hydroxyl groups is 1. The number of carbonyl (C=O) groups is 1. The van der Waals surface area contributed by atoms with Gasteiger partial charge in [-0.3, -0.25) is 19.7 Å². The normalized spacial score (nSPS) is 22.6. The topological polar surface area (TPSA) is 101 Å². The van der Waals surface area contributed by atoms with Gasteiger partial charge in [-0.1, -0.05) is 24.3 Å². The molecular formula is C25H24N4O3. The Hall–Kier alpha value is -3.58. The number of hydrogen-bond acceptors (Lipinski definition) is 5. The Morgan fingerprint density at radius 1 is 1.22 bits per heavy atom. The number of nitrogens with zero attached hydrogens (tertiary/aromatic N) is 3. The van der Waals surface area contributed by atoms with Crippen molar-refractivity contribution in [3.63, 3.8) is 0 Å². The van der Waals surface area contributed by atoms with Crippen LogP contribution in [0.3, 0.4) is 0 Å². The number of H-pyrrole nitrogens is 1. The van der Waals surface area contributed by atoms with Crippen molar-refractivity contribution < 1.29 is 9.90 Å². The van der Waals surface area contributed by atoms with E-state index in [0.717, 1.165) is 22.4 Å². The first-order chi connectivity index (χ1) is 15.3. The van der Waals surface area contributed by atoms with Crippen LogP contribution >= 0.6 is 0 Å². The Morgan fingerprint density at radius 3 is 2.62 bits per heavy atom. The molecule has 0 saturated carbocycles. The van der Waals surface area contributed by atoms with Crippen molar-refractivity contribution in [3.8, 4) is 5.69 Å². The van der Waals surface area contributed by atoms with Crippen molar-refractivity contribution in [3.05, 3.63) is 87.6 Å². The van der Waals surface area contributed by atoms with Crippen molar-refractivity contribution in [2.75, 3.05) is 0 Å². The summed E-state index contributed by atoms with van der Waals surface area (Å²) in [6.07, 6.45) is 3.58. The van der Waals surface area contributed by atoms with Gasteiger partial charge in [0.25, 0.3) is 5.56 Å². The summed E-state index contributed by atoms with van der Waals surface area (Å²) in [4.78, 5) is 35.2. The number of para-hydroxylation sites is 1. The Balaban J connectivity index is 1.85. The third kappa shape index (κ3) is 3.00. The molecule has 0 fully saturated rings. The molecule has 7 heteroatoms. The van der Waals surface area contributed by atoms with Gasteiger partial charge in [-0.2, -0.15) is 0 Å². The summed E-state index contributed by atoms with van der Waals surface area (Å²) in [5.74, 6) is -1.23. The predicted molar refractivity (Wildman–Crippen MR) is 121 cm³/mol. The van der Waals surface area contributed by atoms with E-state index < -0.39 is 17.4 Å². The second-order valence-electron chi connectivity index (χ2n) is 8.79. The molecule has 4 aromatic rings. The van der Waals surface area contributed by atoms with Crippen molar-refractivity contribution >= 4 is 16.8 Å². The molecule has 1 aliphatic rings. The Morgan fingerprint density at radius 2 is 1.97 bits per heavy atom. The molecule has 0 spiro atoms. The van der Waals surface area contributed by atoms with Crippen LogP contribution in [0.5, 0.6) is 0 Å².